The third-order valence-corrected chi connectivity index (χ3v) is 3.77. The first kappa shape index (κ1) is 13.8. The highest BCUT2D eigenvalue weighted by atomic mass is 16.6. The lowest BCUT2D eigenvalue weighted by atomic mass is 10.1. The maximum Gasteiger partial charge on any atom is 0.406 e. The first-order chi connectivity index (χ1) is 9.00. The van der Waals surface area contributed by atoms with Gasteiger partial charge in [-0.25, -0.2) is 0 Å². The van der Waals surface area contributed by atoms with Crippen molar-refractivity contribution in [1.82, 2.24) is 9.55 Å². The number of rotatable bonds is 3. The van der Waals surface area contributed by atoms with Crippen LogP contribution in [0.15, 0.2) is 0 Å². The number of aliphatic hydroxyl groups is 1. The number of hydrogen-bond acceptors (Lipinski definition) is 5. The molecule has 2 atom stereocenters. The molecule has 1 heterocycles. The molecule has 0 aliphatic heterocycles. The molecule has 0 radical (unpaired) electrons. The minimum atomic E-state index is -0.488. The molecule has 1 aliphatic rings. The Morgan fingerprint density at radius 3 is 2.79 bits per heavy atom. The molecular weight excluding hydrogens is 248 g/mol. The van der Waals surface area contributed by atoms with Gasteiger partial charge in [0.2, 0.25) is 11.6 Å². The van der Waals surface area contributed by atoms with Gasteiger partial charge in [0.05, 0.1) is 12.1 Å². The summed E-state index contributed by atoms with van der Waals surface area (Å²) < 4.78 is 1.66. The molecule has 1 aromatic rings. The zero-order valence-corrected chi connectivity index (χ0v) is 11.3. The molecule has 1 aliphatic carbocycles. The SMILES string of the molecule is Cc1nc([N+](=O)[O-])c(NC2CCCCCC2O)n1C. The van der Waals surface area contributed by atoms with Crippen molar-refractivity contribution in [2.24, 2.45) is 7.05 Å². The first-order valence-electron chi connectivity index (χ1n) is 6.63. The molecule has 2 unspecified atom stereocenters. The Labute approximate surface area is 111 Å². The molecular formula is C12H20N4O3. The topological polar surface area (TPSA) is 93.2 Å². The van der Waals surface area contributed by atoms with Gasteiger partial charge >= 0.3 is 5.82 Å². The second kappa shape index (κ2) is 5.56. The lowest BCUT2D eigenvalue weighted by Crippen LogP contribution is -2.33. The van der Waals surface area contributed by atoms with Gasteiger partial charge < -0.3 is 20.5 Å². The van der Waals surface area contributed by atoms with Gasteiger partial charge in [-0.2, -0.15) is 0 Å². The Hall–Kier alpha value is -1.63. The molecule has 1 saturated carbocycles. The highest BCUT2D eigenvalue weighted by molar-refractivity contribution is 5.54. The monoisotopic (exact) mass is 268 g/mol. The normalized spacial score (nSPS) is 23.9. The van der Waals surface area contributed by atoms with E-state index in [1.807, 2.05) is 0 Å². The van der Waals surface area contributed by atoms with Crippen LogP contribution in [-0.4, -0.2) is 31.7 Å². The van der Waals surface area contributed by atoms with E-state index in [0.29, 0.717) is 11.6 Å². The Morgan fingerprint density at radius 2 is 2.11 bits per heavy atom. The molecule has 7 nitrogen and oxygen atoms in total. The van der Waals surface area contributed by atoms with E-state index in [1.165, 1.54) is 0 Å². The summed E-state index contributed by atoms with van der Waals surface area (Å²) in [4.78, 5) is 14.5. The fourth-order valence-corrected chi connectivity index (χ4v) is 2.51. The number of aryl methyl sites for hydroxylation is 1. The number of imidazole rings is 1. The van der Waals surface area contributed by atoms with Gasteiger partial charge in [0.1, 0.15) is 0 Å². The lowest BCUT2D eigenvalue weighted by Gasteiger charge is -2.22. The maximum absolute atomic E-state index is 11.0. The number of nitrogens with zero attached hydrogens (tertiary/aromatic N) is 3. The van der Waals surface area contributed by atoms with E-state index < -0.39 is 11.0 Å². The van der Waals surface area contributed by atoms with E-state index in [-0.39, 0.29) is 11.9 Å². The van der Waals surface area contributed by atoms with Crippen molar-refractivity contribution in [3.05, 3.63) is 15.9 Å². The van der Waals surface area contributed by atoms with Crippen LogP contribution in [0.4, 0.5) is 11.6 Å². The predicted octanol–water partition coefficient (Wildman–Crippen LogP) is 1.74. The smallest absolute Gasteiger partial charge is 0.391 e. The summed E-state index contributed by atoms with van der Waals surface area (Å²) >= 11 is 0. The summed E-state index contributed by atoms with van der Waals surface area (Å²) in [7, 11) is 1.74. The second-order valence-corrected chi connectivity index (χ2v) is 5.10. The predicted molar refractivity (Wildman–Crippen MR) is 71.1 cm³/mol. The van der Waals surface area contributed by atoms with Crippen molar-refractivity contribution >= 4 is 11.6 Å². The second-order valence-electron chi connectivity index (χ2n) is 5.10. The Morgan fingerprint density at radius 1 is 1.42 bits per heavy atom. The van der Waals surface area contributed by atoms with Crippen molar-refractivity contribution < 1.29 is 10.0 Å². The van der Waals surface area contributed by atoms with Crippen LogP contribution in [0.1, 0.15) is 37.9 Å². The van der Waals surface area contributed by atoms with E-state index in [2.05, 4.69) is 10.3 Å². The molecule has 2 N–H and O–H groups in total. The lowest BCUT2D eigenvalue weighted by molar-refractivity contribution is -0.388. The minimum absolute atomic E-state index is 0.143. The van der Waals surface area contributed by atoms with E-state index in [9.17, 15) is 15.2 Å². The van der Waals surface area contributed by atoms with Crippen LogP contribution in [0.5, 0.6) is 0 Å². The van der Waals surface area contributed by atoms with E-state index >= 15 is 0 Å². The van der Waals surface area contributed by atoms with Crippen LogP contribution in [-0.2, 0) is 7.05 Å². The van der Waals surface area contributed by atoms with Crippen LogP contribution in [0, 0.1) is 17.0 Å². The quantitative estimate of drug-likeness (QED) is 0.495. The summed E-state index contributed by atoms with van der Waals surface area (Å²) in [6.45, 7) is 1.72. The van der Waals surface area contributed by atoms with Crippen LogP contribution in [0.3, 0.4) is 0 Å². The molecule has 7 heteroatoms. The third-order valence-electron chi connectivity index (χ3n) is 3.77. The van der Waals surface area contributed by atoms with Crippen molar-refractivity contribution in [3.63, 3.8) is 0 Å². The molecule has 0 bridgehead atoms. The van der Waals surface area contributed by atoms with Crippen LogP contribution in [0.25, 0.3) is 0 Å². The van der Waals surface area contributed by atoms with Gasteiger partial charge in [0.15, 0.2) is 0 Å². The van der Waals surface area contributed by atoms with Gasteiger partial charge in [-0.1, -0.05) is 19.3 Å². The number of nitrogens with one attached hydrogen (secondary N) is 1. The molecule has 0 aromatic carbocycles. The van der Waals surface area contributed by atoms with Crippen molar-refractivity contribution in [1.29, 1.82) is 0 Å². The van der Waals surface area contributed by atoms with Gasteiger partial charge in [0, 0.05) is 14.0 Å². The molecule has 0 saturated heterocycles. The molecule has 1 aromatic heterocycles. The highest BCUT2D eigenvalue weighted by Gasteiger charge is 2.29. The third kappa shape index (κ3) is 2.86. The van der Waals surface area contributed by atoms with Gasteiger partial charge in [-0.15, -0.1) is 0 Å². The fraction of sp³-hybridized carbons (Fsp3) is 0.750. The first-order valence-corrected chi connectivity index (χ1v) is 6.63. The van der Waals surface area contributed by atoms with Gasteiger partial charge in [0.25, 0.3) is 0 Å². The Kier molecular flexibility index (Phi) is 4.04. The number of aliphatic hydroxyl groups excluding tert-OH is 1. The van der Waals surface area contributed by atoms with Crippen LogP contribution in [0.2, 0.25) is 0 Å². The van der Waals surface area contributed by atoms with Gasteiger partial charge in [-0.05, 0) is 22.7 Å². The van der Waals surface area contributed by atoms with Crippen molar-refractivity contribution in [3.8, 4) is 0 Å². The zero-order valence-electron chi connectivity index (χ0n) is 11.3. The summed E-state index contributed by atoms with van der Waals surface area (Å²) in [6, 6.07) is -0.143. The minimum Gasteiger partial charge on any atom is -0.391 e. The fourth-order valence-electron chi connectivity index (χ4n) is 2.51. The average Bonchev–Trinajstić information content (AvgIpc) is 2.52. The maximum atomic E-state index is 11.0. The number of aromatic nitrogens is 2. The van der Waals surface area contributed by atoms with Crippen molar-refractivity contribution in [2.45, 2.75) is 51.2 Å². The molecule has 2 rings (SSSR count). The van der Waals surface area contributed by atoms with Crippen LogP contribution < -0.4 is 5.32 Å². The summed E-state index contributed by atoms with van der Waals surface area (Å²) in [5.41, 5.74) is 0. The molecule has 0 spiro atoms. The Balaban J connectivity index is 2.24. The van der Waals surface area contributed by atoms with Crippen molar-refractivity contribution in [2.75, 3.05) is 5.32 Å². The van der Waals surface area contributed by atoms with E-state index in [4.69, 9.17) is 0 Å². The molecule has 19 heavy (non-hydrogen) atoms. The zero-order chi connectivity index (χ0) is 14.0. The Bertz CT molecular complexity index is 472. The van der Waals surface area contributed by atoms with Gasteiger partial charge in [-0.3, -0.25) is 4.57 Å². The average molecular weight is 268 g/mol. The van der Waals surface area contributed by atoms with E-state index in [1.54, 1.807) is 18.5 Å². The standard InChI is InChI=1S/C12H20N4O3/c1-8-13-12(16(18)19)11(15(8)2)14-9-6-4-3-5-7-10(9)17/h9-10,14,17H,3-7H2,1-2H3. The van der Waals surface area contributed by atoms with E-state index in [0.717, 1.165) is 32.1 Å². The summed E-state index contributed by atoms with van der Waals surface area (Å²) in [6.07, 6.45) is 4.23. The summed E-state index contributed by atoms with van der Waals surface area (Å²) in [5.74, 6) is 0.794. The molecule has 0 amide bonds. The largest absolute Gasteiger partial charge is 0.406 e. The summed E-state index contributed by atoms with van der Waals surface area (Å²) in [5, 5.41) is 24.2. The highest BCUT2D eigenvalue weighted by Crippen LogP contribution is 2.28. The number of hydrogen-bond donors (Lipinski definition) is 2. The molecule has 1 fully saturated rings. The molecule has 106 valence electrons. The van der Waals surface area contributed by atoms with Crippen LogP contribution >= 0.6 is 0 Å². The number of anilines is 1. The number of nitro groups is 1.